The van der Waals surface area contributed by atoms with Crippen LogP contribution in [0, 0.1) is 0 Å². The maximum atomic E-state index is 11.4. The highest BCUT2D eigenvalue weighted by Gasteiger charge is 2.06. The molecule has 0 radical (unpaired) electrons. The zero-order valence-electron chi connectivity index (χ0n) is 9.95. The first kappa shape index (κ1) is 13.7. The molecule has 0 spiro atoms. The quantitative estimate of drug-likeness (QED) is 0.787. The number of nitrogens with zero attached hydrogens (tertiary/aromatic N) is 1. The molecule has 0 saturated heterocycles. The number of rotatable bonds is 6. The molecule has 1 N–H and O–H groups in total. The molecule has 0 bridgehead atoms. The van der Waals surface area contributed by atoms with Crippen molar-refractivity contribution in [2.45, 2.75) is 6.54 Å². The minimum atomic E-state index is -0.00516. The van der Waals surface area contributed by atoms with Gasteiger partial charge in [-0.05, 0) is 24.7 Å². The zero-order valence-corrected chi connectivity index (χ0v) is 10.7. The van der Waals surface area contributed by atoms with E-state index >= 15 is 0 Å². The Morgan fingerprint density at radius 3 is 3.00 bits per heavy atom. The molecule has 17 heavy (non-hydrogen) atoms. The molecule has 1 aromatic carbocycles. The van der Waals surface area contributed by atoms with Gasteiger partial charge in [-0.3, -0.25) is 9.69 Å². The number of carbonyl (C=O) groups excluding carboxylic acids is 1. The minimum absolute atomic E-state index is 0.00516. The van der Waals surface area contributed by atoms with Gasteiger partial charge in [-0.2, -0.15) is 0 Å². The van der Waals surface area contributed by atoms with Crippen molar-refractivity contribution in [1.29, 1.82) is 0 Å². The average Bonchev–Trinajstić information content (AvgIpc) is 2.26. The summed E-state index contributed by atoms with van der Waals surface area (Å²) in [6, 6.07) is 7.63. The van der Waals surface area contributed by atoms with Crippen molar-refractivity contribution in [2.24, 2.45) is 0 Å². The summed E-state index contributed by atoms with van der Waals surface area (Å²) in [6.07, 6.45) is 1.66. The van der Waals surface area contributed by atoms with Crippen LogP contribution >= 0.6 is 11.6 Å². The lowest BCUT2D eigenvalue weighted by Crippen LogP contribution is -2.34. The van der Waals surface area contributed by atoms with Gasteiger partial charge in [0.05, 0.1) is 6.54 Å². The molecule has 0 aliphatic rings. The Hall–Kier alpha value is -1.32. The molecule has 1 rings (SSSR count). The second-order valence-corrected chi connectivity index (χ2v) is 4.33. The van der Waals surface area contributed by atoms with Crippen LogP contribution in [-0.2, 0) is 11.3 Å². The van der Waals surface area contributed by atoms with Gasteiger partial charge in [-0.25, -0.2) is 0 Å². The first-order chi connectivity index (χ1) is 8.11. The second-order valence-electron chi connectivity index (χ2n) is 3.89. The van der Waals surface area contributed by atoms with E-state index < -0.39 is 0 Å². The molecule has 0 aliphatic heterocycles. The molecular weight excluding hydrogens is 236 g/mol. The Bertz CT molecular complexity index is 393. The van der Waals surface area contributed by atoms with E-state index in [0.717, 1.165) is 5.56 Å². The summed E-state index contributed by atoms with van der Waals surface area (Å²) in [5, 5.41) is 3.45. The lowest BCUT2D eigenvalue weighted by atomic mass is 10.2. The highest BCUT2D eigenvalue weighted by Crippen LogP contribution is 2.11. The first-order valence-electron chi connectivity index (χ1n) is 5.42. The summed E-state index contributed by atoms with van der Waals surface area (Å²) >= 11 is 5.89. The summed E-state index contributed by atoms with van der Waals surface area (Å²) in [7, 11) is 1.90. The molecule has 4 heteroatoms. The van der Waals surface area contributed by atoms with Crippen LogP contribution in [0.4, 0.5) is 0 Å². The number of benzene rings is 1. The van der Waals surface area contributed by atoms with E-state index in [1.807, 2.05) is 36.2 Å². The Balaban J connectivity index is 2.41. The van der Waals surface area contributed by atoms with Gasteiger partial charge in [0, 0.05) is 18.1 Å². The van der Waals surface area contributed by atoms with E-state index in [1.165, 1.54) is 0 Å². The zero-order chi connectivity index (χ0) is 12.7. The third-order valence-corrected chi connectivity index (χ3v) is 2.43. The lowest BCUT2D eigenvalue weighted by molar-refractivity contribution is -0.121. The predicted octanol–water partition coefficient (Wildman–Crippen LogP) is 2.07. The normalized spacial score (nSPS) is 10.3. The molecule has 1 aromatic rings. The van der Waals surface area contributed by atoms with Crippen LogP contribution in [0.25, 0.3) is 0 Å². The average molecular weight is 253 g/mol. The van der Waals surface area contributed by atoms with Crippen LogP contribution in [0.15, 0.2) is 36.9 Å². The fraction of sp³-hybridized carbons (Fsp3) is 0.308. The molecule has 0 unspecified atom stereocenters. The Morgan fingerprint density at radius 2 is 2.35 bits per heavy atom. The maximum absolute atomic E-state index is 11.4. The van der Waals surface area contributed by atoms with Gasteiger partial charge in [0.25, 0.3) is 0 Å². The first-order valence-corrected chi connectivity index (χ1v) is 5.80. The maximum Gasteiger partial charge on any atom is 0.234 e. The molecular formula is C13H17ClN2O. The van der Waals surface area contributed by atoms with Gasteiger partial charge in [-0.15, -0.1) is 6.58 Å². The molecule has 0 heterocycles. The second kappa shape index (κ2) is 7.09. The number of carbonyl (C=O) groups is 1. The molecule has 1 amide bonds. The van der Waals surface area contributed by atoms with E-state index in [-0.39, 0.29) is 5.91 Å². The molecule has 0 atom stereocenters. The SMILES string of the molecule is C=CCNC(=O)CN(C)Cc1cccc(Cl)c1. The number of nitrogens with one attached hydrogen (secondary N) is 1. The largest absolute Gasteiger partial charge is 0.352 e. The summed E-state index contributed by atoms with van der Waals surface area (Å²) in [6.45, 7) is 5.11. The van der Waals surface area contributed by atoms with Crippen molar-refractivity contribution in [1.82, 2.24) is 10.2 Å². The van der Waals surface area contributed by atoms with Crippen molar-refractivity contribution < 1.29 is 4.79 Å². The standard InChI is InChI=1S/C13H17ClN2O/c1-3-7-15-13(17)10-16(2)9-11-5-4-6-12(14)8-11/h3-6,8H,1,7,9-10H2,2H3,(H,15,17). The van der Waals surface area contributed by atoms with Crippen LogP contribution in [0.2, 0.25) is 5.02 Å². The Kier molecular flexibility index (Phi) is 5.73. The van der Waals surface area contributed by atoms with E-state index in [2.05, 4.69) is 11.9 Å². The molecule has 0 fully saturated rings. The smallest absolute Gasteiger partial charge is 0.234 e. The fourth-order valence-electron chi connectivity index (χ4n) is 1.49. The number of likely N-dealkylation sites (N-methyl/N-ethyl adjacent to an activating group) is 1. The number of halogens is 1. The van der Waals surface area contributed by atoms with E-state index in [9.17, 15) is 4.79 Å². The molecule has 3 nitrogen and oxygen atoms in total. The van der Waals surface area contributed by atoms with Crippen molar-refractivity contribution >= 4 is 17.5 Å². The van der Waals surface area contributed by atoms with Gasteiger partial charge in [-0.1, -0.05) is 29.8 Å². The molecule has 92 valence electrons. The van der Waals surface area contributed by atoms with Gasteiger partial charge in [0.1, 0.15) is 0 Å². The number of hydrogen-bond acceptors (Lipinski definition) is 2. The van der Waals surface area contributed by atoms with Crippen LogP contribution in [-0.4, -0.2) is 30.9 Å². The summed E-state index contributed by atoms with van der Waals surface area (Å²) in [5.74, 6) is -0.00516. The van der Waals surface area contributed by atoms with Gasteiger partial charge < -0.3 is 5.32 Å². The van der Waals surface area contributed by atoms with E-state index in [1.54, 1.807) is 6.08 Å². The third-order valence-electron chi connectivity index (χ3n) is 2.20. The van der Waals surface area contributed by atoms with Gasteiger partial charge >= 0.3 is 0 Å². The van der Waals surface area contributed by atoms with E-state index in [0.29, 0.717) is 24.7 Å². The van der Waals surface area contributed by atoms with E-state index in [4.69, 9.17) is 11.6 Å². The van der Waals surface area contributed by atoms with Crippen molar-refractivity contribution in [3.05, 3.63) is 47.5 Å². The Morgan fingerprint density at radius 1 is 1.59 bits per heavy atom. The van der Waals surface area contributed by atoms with Crippen molar-refractivity contribution in [2.75, 3.05) is 20.1 Å². The molecule has 0 aromatic heterocycles. The summed E-state index contributed by atoms with van der Waals surface area (Å²) in [5.41, 5.74) is 1.09. The van der Waals surface area contributed by atoms with Crippen molar-refractivity contribution in [3.8, 4) is 0 Å². The molecule has 0 saturated carbocycles. The fourth-order valence-corrected chi connectivity index (χ4v) is 1.70. The van der Waals surface area contributed by atoms with Crippen LogP contribution < -0.4 is 5.32 Å². The monoisotopic (exact) mass is 252 g/mol. The van der Waals surface area contributed by atoms with Crippen molar-refractivity contribution in [3.63, 3.8) is 0 Å². The highest BCUT2D eigenvalue weighted by atomic mass is 35.5. The topological polar surface area (TPSA) is 32.3 Å². The molecule has 0 aliphatic carbocycles. The number of amides is 1. The summed E-state index contributed by atoms with van der Waals surface area (Å²) < 4.78 is 0. The van der Waals surface area contributed by atoms with Crippen LogP contribution in [0.1, 0.15) is 5.56 Å². The Labute approximate surface area is 107 Å². The van der Waals surface area contributed by atoms with Crippen LogP contribution in [0.5, 0.6) is 0 Å². The minimum Gasteiger partial charge on any atom is -0.352 e. The van der Waals surface area contributed by atoms with Crippen LogP contribution in [0.3, 0.4) is 0 Å². The van der Waals surface area contributed by atoms with Gasteiger partial charge in [0.2, 0.25) is 5.91 Å². The third kappa shape index (κ3) is 5.52. The highest BCUT2D eigenvalue weighted by molar-refractivity contribution is 6.30. The number of hydrogen-bond donors (Lipinski definition) is 1. The van der Waals surface area contributed by atoms with Gasteiger partial charge in [0.15, 0.2) is 0 Å². The predicted molar refractivity (Wildman–Crippen MR) is 71.0 cm³/mol. The lowest BCUT2D eigenvalue weighted by Gasteiger charge is -2.16. The summed E-state index contributed by atoms with van der Waals surface area (Å²) in [4.78, 5) is 13.4.